The summed E-state index contributed by atoms with van der Waals surface area (Å²) in [4.78, 5) is 0. The van der Waals surface area contributed by atoms with Crippen LogP contribution in [0.2, 0.25) is 0 Å². The van der Waals surface area contributed by atoms with Gasteiger partial charge in [0, 0.05) is 6.04 Å². The predicted molar refractivity (Wildman–Crippen MR) is 87.2 cm³/mol. The van der Waals surface area contributed by atoms with Gasteiger partial charge in [0.2, 0.25) is 0 Å². The van der Waals surface area contributed by atoms with Crippen LogP contribution in [-0.4, -0.2) is 6.54 Å². The van der Waals surface area contributed by atoms with Gasteiger partial charge in [-0.25, -0.2) is 4.39 Å². The normalized spacial score (nSPS) is 12.4. The number of aryl methyl sites for hydroxylation is 3. The van der Waals surface area contributed by atoms with Gasteiger partial charge in [-0.2, -0.15) is 0 Å². The first-order valence-electron chi connectivity index (χ1n) is 7.56. The molecular weight excluding hydrogens is 261 g/mol. The fourth-order valence-corrected chi connectivity index (χ4v) is 2.95. The Morgan fingerprint density at radius 2 is 1.57 bits per heavy atom. The molecule has 0 saturated heterocycles. The average Bonchev–Trinajstić information content (AvgIpc) is 2.40. The summed E-state index contributed by atoms with van der Waals surface area (Å²) >= 11 is 0. The Labute approximate surface area is 127 Å². The first-order chi connectivity index (χ1) is 10.0. The molecule has 0 aliphatic heterocycles. The lowest BCUT2D eigenvalue weighted by Crippen LogP contribution is -2.24. The van der Waals surface area contributed by atoms with Gasteiger partial charge in [-0.3, -0.25) is 0 Å². The van der Waals surface area contributed by atoms with Crippen LogP contribution in [0, 0.1) is 26.6 Å². The van der Waals surface area contributed by atoms with E-state index in [4.69, 9.17) is 0 Å². The predicted octanol–water partition coefficient (Wildman–Crippen LogP) is 4.64. The zero-order valence-corrected chi connectivity index (χ0v) is 13.3. The molecule has 21 heavy (non-hydrogen) atoms. The fourth-order valence-electron chi connectivity index (χ4n) is 2.95. The quantitative estimate of drug-likeness (QED) is 0.843. The van der Waals surface area contributed by atoms with Crippen LogP contribution in [0.25, 0.3) is 0 Å². The van der Waals surface area contributed by atoms with E-state index >= 15 is 0 Å². The fraction of sp³-hybridized carbons (Fsp3) is 0.368. The summed E-state index contributed by atoms with van der Waals surface area (Å²) < 4.78 is 13.5. The average molecular weight is 285 g/mol. The first-order valence-corrected chi connectivity index (χ1v) is 7.56. The molecule has 0 heterocycles. The molecule has 2 aromatic rings. The van der Waals surface area contributed by atoms with Crippen LogP contribution in [-0.2, 0) is 6.42 Å². The third-order valence-corrected chi connectivity index (χ3v) is 3.92. The summed E-state index contributed by atoms with van der Waals surface area (Å²) in [6.07, 6.45) is 0.918. The highest BCUT2D eigenvalue weighted by molar-refractivity contribution is 5.38. The van der Waals surface area contributed by atoms with Crippen molar-refractivity contribution in [1.29, 1.82) is 0 Å². The van der Waals surface area contributed by atoms with Gasteiger partial charge in [-0.1, -0.05) is 36.8 Å². The summed E-state index contributed by atoms with van der Waals surface area (Å²) in [5, 5.41) is 3.54. The van der Waals surface area contributed by atoms with E-state index in [0.29, 0.717) is 0 Å². The van der Waals surface area contributed by atoms with Gasteiger partial charge >= 0.3 is 0 Å². The van der Waals surface area contributed by atoms with Crippen molar-refractivity contribution in [3.8, 4) is 0 Å². The number of benzene rings is 2. The molecule has 1 N–H and O–H groups in total. The lowest BCUT2D eigenvalue weighted by Gasteiger charge is -2.23. The molecule has 0 aliphatic rings. The van der Waals surface area contributed by atoms with E-state index in [-0.39, 0.29) is 11.9 Å². The zero-order chi connectivity index (χ0) is 15.4. The molecule has 0 spiro atoms. The maximum Gasteiger partial charge on any atom is 0.123 e. The van der Waals surface area contributed by atoms with E-state index in [2.05, 4.69) is 43.4 Å². The standard InChI is InChI=1S/C19H24FN/c1-5-21-18(12-16-8-6-13(2)7-9-16)19-14(3)10-17(20)11-15(19)4/h6-11,18,21H,5,12H2,1-4H3. The second-order valence-corrected chi connectivity index (χ2v) is 5.75. The van der Waals surface area contributed by atoms with Gasteiger partial charge in [-0.15, -0.1) is 0 Å². The van der Waals surface area contributed by atoms with Crippen molar-refractivity contribution in [3.63, 3.8) is 0 Å². The van der Waals surface area contributed by atoms with Crippen molar-refractivity contribution < 1.29 is 4.39 Å². The molecule has 0 radical (unpaired) electrons. The van der Waals surface area contributed by atoms with Crippen molar-refractivity contribution in [2.75, 3.05) is 6.54 Å². The second kappa shape index (κ2) is 6.86. The number of likely N-dealkylation sites (N-methyl/N-ethyl adjacent to an activating group) is 1. The Kier molecular flexibility index (Phi) is 5.13. The molecular formula is C19H24FN. The molecule has 0 bridgehead atoms. The lowest BCUT2D eigenvalue weighted by atomic mass is 9.91. The third kappa shape index (κ3) is 3.92. The highest BCUT2D eigenvalue weighted by atomic mass is 19.1. The van der Waals surface area contributed by atoms with Gasteiger partial charge in [-0.05, 0) is 68.1 Å². The summed E-state index contributed by atoms with van der Waals surface area (Å²) in [5.41, 5.74) is 5.83. The molecule has 0 aliphatic carbocycles. The highest BCUT2D eigenvalue weighted by Crippen LogP contribution is 2.26. The van der Waals surface area contributed by atoms with Crippen molar-refractivity contribution >= 4 is 0 Å². The van der Waals surface area contributed by atoms with E-state index < -0.39 is 0 Å². The maximum absolute atomic E-state index is 13.5. The number of halogens is 1. The van der Waals surface area contributed by atoms with E-state index in [1.165, 1.54) is 16.7 Å². The summed E-state index contributed by atoms with van der Waals surface area (Å²) in [7, 11) is 0. The largest absolute Gasteiger partial charge is 0.310 e. The summed E-state index contributed by atoms with van der Waals surface area (Å²) in [6.45, 7) is 9.08. The second-order valence-electron chi connectivity index (χ2n) is 5.75. The minimum Gasteiger partial charge on any atom is -0.310 e. The van der Waals surface area contributed by atoms with Crippen LogP contribution < -0.4 is 5.32 Å². The molecule has 2 heteroatoms. The van der Waals surface area contributed by atoms with Gasteiger partial charge < -0.3 is 5.32 Å². The van der Waals surface area contributed by atoms with Crippen LogP contribution in [0.3, 0.4) is 0 Å². The van der Waals surface area contributed by atoms with Gasteiger partial charge in [0.05, 0.1) is 0 Å². The van der Waals surface area contributed by atoms with Crippen molar-refractivity contribution in [2.24, 2.45) is 0 Å². The van der Waals surface area contributed by atoms with Crippen LogP contribution in [0.4, 0.5) is 4.39 Å². The molecule has 2 aromatic carbocycles. The van der Waals surface area contributed by atoms with E-state index in [1.54, 1.807) is 12.1 Å². The minimum absolute atomic E-state index is 0.153. The minimum atomic E-state index is -0.153. The monoisotopic (exact) mass is 285 g/mol. The number of hydrogen-bond donors (Lipinski definition) is 1. The highest BCUT2D eigenvalue weighted by Gasteiger charge is 2.16. The summed E-state index contributed by atoms with van der Waals surface area (Å²) in [6, 6.07) is 12.1. The van der Waals surface area contributed by atoms with Crippen LogP contribution in [0.5, 0.6) is 0 Å². The lowest BCUT2D eigenvalue weighted by molar-refractivity contribution is 0.541. The number of nitrogens with one attached hydrogen (secondary N) is 1. The van der Waals surface area contributed by atoms with E-state index in [1.807, 2.05) is 13.8 Å². The molecule has 112 valence electrons. The summed E-state index contributed by atoms with van der Waals surface area (Å²) in [5.74, 6) is -0.153. The Morgan fingerprint density at radius 1 is 1.00 bits per heavy atom. The zero-order valence-electron chi connectivity index (χ0n) is 13.3. The molecule has 0 fully saturated rings. The maximum atomic E-state index is 13.5. The molecule has 0 aromatic heterocycles. The van der Waals surface area contributed by atoms with Crippen LogP contribution >= 0.6 is 0 Å². The van der Waals surface area contributed by atoms with E-state index in [9.17, 15) is 4.39 Å². The molecule has 1 atom stereocenters. The Morgan fingerprint density at radius 3 is 2.10 bits per heavy atom. The number of hydrogen-bond acceptors (Lipinski definition) is 1. The van der Waals surface area contributed by atoms with Gasteiger partial charge in [0.25, 0.3) is 0 Å². The molecule has 1 nitrogen and oxygen atoms in total. The molecule has 2 rings (SSSR count). The smallest absolute Gasteiger partial charge is 0.123 e. The van der Waals surface area contributed by atoms with Crippen molar-refractivity contribution in [2.45, 2.75) is 40.2 Å². The Bertz CT molecular complexity index is 578. The molecule has 1 unspecified atom stereocenters. The van der Waals surface area contributed by atoms with E-state index in [0.717, 1.165) is 24.1 Å². The SMILES string of the molecule is CCNC(Cc1ccc(C)cc1)c1c(C)cc(F)cc1C. The van der Waals surface area contributed by atoms with Crippen LogP contribution in [0.1, 0.15) is 40.8 Å². The van der Waals surface area contributed by atoms with Crippen molar-refractivity contribution in [1.82, 2.24) is 5.32 Å². The third-order valence-electron chi connectivity index (χ3n) is 3.92. The number of rotatable bonds is 5. The van der Waals surface area contributed by atoms with Crippen molar-refractivity contribution in [3.05, 3.63) is 70.0 Å². The van der Waals surface area contributed by atoms with Gasteiger partial charge in [0.15, 0.2) is 0 Å². The topological polar surface area (TPSA) is 12.0 Å². The first kappa shape index (κ1) is 15.7. The Balaban J connectivity index is 2.33. The van der Waals surface area contributed by atoms with Crippen LogP contribution in [0.15, 0.2) is 36.4 Å². The molecule has 0 amide bonds. The van der Waals surface area contributed by atoms with Gasteiger partial charge in [0.1, 0.15) is 5.82 Å². The Hall–Kier alpha value is -1.67. The molecule has 0 saturated carbocycles.